The third kappa shape index (κ3) is 5.69. The molecule has 2 rings (SSSR count). The molecule has 0 amide bonds. The minimum atomic E-state index is 0. The van der Waals surface area contributed by atoms with Crippen LogP contribution in [-0.2, 0) is 0 Å². The zero-order chi connectivity index (χ0) is 15.9. The normalized spacial score (nSPS) is 15.8. The van der Waals surface area contributed by atoms with Crippen LogP contribution in [-0.4, -0.2) is 45.3 Å². The number of nitrogens with zero attached hydrogens (tertiary/aromatic N) is 1. The van der Waals surface area contributed by atoms with Crippen molar-refractivity contribution >= 4 is 24.8 Å². The van der Waals surface area contributed by atoms with E-state index in [-0.39, 0.29) is 24.8 Å². The maximum Gasteiger partial charge on any atom is 0.127 e. The highest BCUT2D eigenvalue weighted by Gasteiger charge is 2.27. The van der Waals surface area contributed by atoms with E-state index in [0.717, 1.165) is 44.1 Å². The molecule has 0 aromatic heterocycles. The summed E-state index contributed by atoms with van der Waals surface area (Å²) < 4.78 is 11.4. The van der Waals surface area contributed by atoms with Gasteiger partial charge in [-0.2, -0.15) is 0 Å². The molecule has 1 aliphatic rings. The van der Waals surface area contributed by atoms with E-state index in [0.29, 0.717) is 6.04 Å². The van der Waals surface area contributed by atoms with Crippen molar-refractivity contribution < 1.29 is 9.47 Å². The molecule has 140 valence electrons. The lowest BCUT2D eigenvalue weighted by Crippen LogP contribution is -2.45. The molecule has 4 nitrogen and oxygen atoms in total. The SMILES string of the molecule is CCCC[C@H](c1c(OC)cc(C)cc1OC)N1CCNCC1.Cl.Cl. The van der Waals surface area contributed by atoms with Crippen molar-refractivity contribution in [3.63, 3.8) is 0 Å². The van der Waals surface area contributed by atoms with Gasteiger partial charge >= 0.3 is 0 Å². The summed E-state index contributed by atoms with van der Waals surface area (Å²) >= 11 is 0. The van der Waals surface area contributed by atoms with Crippen LogP contribution in [0, 0.1) is 6.92 Å². The summed E-state index contributed by atoms with van der Waals surface area (Å²) in [6.45, 7) is 8.60. The molecule has 1 aromatic rings. The van der Waals surface area contributed by atoms with Crippen molar-refractivity contribution in [3.05, 3.63) is 23.3 Å². The van der Waals surface area contributed by atoms with E-state index in [1.807, 2.05) is 0 Å². The van der Waals surface area contributed by atoms with Crippen LogP contribution in [0.2, 0.25) is 0 Å². The summed E-state index contributed by atoms with van der Waals surface area (Å²) in [6, 6.07) is 4.62. The maximum absolute atomic E-state index is 5.70. The lowest BCUT2D eigenvalue weighted by Gasteiger charge is -2.36. The third-order valence-electron chi connectivity index (χ3n) is 4.44. The van der Waals surface area contributed by atoms with Crippen LogP contribution in [0.3, 0.4) is 0 Å². The van der Waals surface area contributed by atoms with Crippen molar-refractivity contribution in [1.29, 1.82) is 0 Å². The number of methoxy groups -OCH3 is 2. The lowest BCUT2D eigenvalue weighted by molar-refractivity contribution is 0.157. The maximum atomic E-state index is 5.70. The van der Waals surface area contributed by atoms with Crippen molar-refractivity contribution in [1.82, 2.24) is 10.2 Å². The predicted octanol–water partition coefficient (Wildman–Crippen LogP) is 3.99. The molecule has 24 heavy (non-hydrogen) atoms. The van der Waals surface area contributed by atoms with Crippen molar-refractivity contribution in [3.8, 4) is 11.5 Å². The number of ether oxygens (including phenoxy) is 2. The van der Waals surface area contributed by atoms with E-state index < -0.39 is 0 Å². The molecule has 1 atom stereocenters. The summed E-state index contributed by atoms with van der Waals surface area (Å²) in [7, 11) is 3.51. The number of nitrogens with one attached hydrogen (secondary N) is 1. The molecule has 0 saturated carbocycles. The van der Waals surface area contributed by atoms with Crippen LogP contribution < -0.4 is 14.8 Å². The molecule has 0 aliphatic carbocycles. The van der Waals surface area contributed by atoms with Gasteiger partial charge in [0.05, 0.1) is 19.8 Å². The first-order valence-corrected chi connectivity index (χ1v) is 8.38. The standard InChI is InChI=1S/C18H30N2O2.2ClH/c1-5-6-7-15(20-10-8-19-9-11-20)18-16(21-3)12-14(2)13-17(18)22-4;;/h12-13,15,19H,5-11H2,1-4H3;2*1H/t15-;;/m1../s1. The molecule has 1 heterocycles. The monoisotopic (exact) mass is 378 g/mol. The van der Waals surface area contributed by atoms with Gasteiger partial charge in [0.15, 0.2) is 0 Å². The topological polar surface area (TPSA) is 33.7 Å². The Morgan fingerprint density at radius 3 is 2.08 bits per heavy atom. The van der Waals surface area contributed by atoms with Gasteiger partial charge in [-0.3, -0.25) is 4.90 Å². The molecule has 0 unspecified atom stereocenters. The third-order valence-corrected chi connectivity index (χ3v) is 4.44. The average molecular weight is 379 g/mol. The van der Waals surface area contributed by atoms with E-state index in [9.17, 15) is 0 Å². The first-order valence-electron chi connectivity index (χ1n) is 8.38. The largest absolute Gasteiger partial charge is 0.496 e. The summed E-state index contributed by atoms with van der Waals surface area (Å²) in [4.78, 5) is 2.57. The Morgan fingerprint density at radius 2 is 1.62 bits per heavy atom. The molecule has 0 bridgehead atoms. The highest BCUT2D eigenvalue weighted by Crippen LogP contribution is 2.40. The zero-order valence-electron chi connectivity index (χ0n) is 15.3. The van der Waals surface area contributed by atoms with E-state index >= 15 is 0 Å². The second kappa shape index (κ2) is 11.8. The summed E-state index contributed by atoms with van der Waals surface area (Å²) in [5.41, 5.74) is 2.39. The molecular weight excluding hydrogens is 347 g/mol. The molecule has 1 fully saturated rings. The lowest BCUT2D eigenvalue weighted by atomic mass is 9.95. The number of halogens is 2. The number of hydrogen-bond donors (Lipinski definition) is 1. The van der Waals surface area contributed by atoms with E-state index in [1.54, 1.807) is 14.2 Å². The van der Waals surface area contributed by atoms with E-state index in [2.05, 4.69) is 36.2 Å². The van der Waals surface area contributed by atoms with Gasteiger partial charge in [0, 0.05) is 32.2 Å². The second-order valence-corrected chi connectivity index (χ2v) is 6.03. The minimum Gasteiger partial charge on any atom is -0.496 e. The zero-order valence-corrected chi connectivity index (χ0v) is 16.9. The Hall–Kier alpha value is -0.680. The Bertz CT molecular complexity index is 455. The highest BCUT2D eigenvalue weighted by atomic mass is 35.5. The number of aryl methyl sites for hydroxylation is 1. The van der Waals surface area contributed by atoms with Gasteiger partial charge in [-0.15, -0.1) is 24.8 Å². The minimum absolute atomic E-state index is 0. The molecule has 1 saturated heterocycles. The number of benzene rings is 1. The Morgan fingerprint density at radius 1 is 1.08 bits per heavy atom. The molecular formula is C18H32Cl2N2O2. The number of rotatable bonds is 7. The molecule has 1 aliphatic heterocycles. The number of hydrogen-bond acceptors (Lipinski definition) is 4. The number of unbranched alkanes of at least 4 members (excludes halogenated alkanes) is 1. The fourth-order valence-corrected chi connectivity index (χ4v) is 3.30. The molecule has 1 aromatic carbocycles. The van der Waals surface area contributed by atoms with E-state index in [4.69, 9.17) is 9.47 Å². The Labute approximate surface area is 159 Å². The molecule has 6 heteroatoms. The molecule has 0 radical (unpaired) electrons. The van der Waals surface area contributed by atoms with Crippen LogP contribution in [0.25, 0.3) is 0 Å². The van der Waals surface area contributed by atoms with Crippen molar-refractivity contribution in [2.45, 2.75) is 39.2 Å². The Balaban J connectivity index is 0.00000264. The van der Waals surface area contributed by atoms with Crippen LogP contribution >= 0.6 is 24.8 Å². The first kappa shape index (κ1) is 23.3. The van der Waals surface area contributed by atoms with Crippen LogP contribution in [0.5, 0.6) is 11.5 Å². The van der Waals surface area contributed by atoms with Crippen molar-refractivity contribution in [2.24, 2.45) is 0 Å². The van der Waals surface area contributed by atoms with Gasteiger partial charge < -0.3 is 14.8 Å². The smallest absolute Gasteiger partial charge is 0.127 e. The quantitative estimate of drug-likeness (QED) is 0.777. The van der Waals surface area contributed by atoms with Gasteiger partial charge in [0.1, 0.15) is 11.5 Å². The van der Waals surface area contributed by atoms with Gasteiger partial charge in [-0.25, -0.2) is 0 Å². The summed E-state index contributed by atoms with van der Waals surface area (Å²) in [5, 5.41) is 3.44. The fourth-order valence-electron chi connectivity index (χ4n) is 3.30. The van der Waals surface area contributed by atoms with Crippen molar-refractivity contribution in [2.75, 3.05) is 40.4 Å². The predicted molar refractivity (Wildman–Crippen MR) is 105 cm³/mol. The summed E-state index contributed by atoms with van der Waals surface area (Å²) in [6.07, 6.45) is 3.57. The van der Waals surface area contributed by atoms with Gasteiger partial charge in [0.25, 0.3) is 0 Å². The fraction of sp³-hybridized carbons (Fsp3) is 0.667. The molecule has 0 spiro atoms. The Kier molecular flexibility index (Phi) is 11.5. The van der Waals surface area contributed by atoms with Crippen LogP contribution in [0.4, 0.5) is 0 Å². The summed E-state index contributed by atoms with van der Waals surface area (Å²) in [5.74, 6) is 1.91. The van der Waals surface area contributed by atoms with Gasteiger partial charge in [-0.1, -0.05) is 19.8 Å². The highest BCUT2D eigenvalue weighted by molar-refractivity contribution is 5.85. The van der Waals surface area contributed by atoms with Crippen LogP contribution in [0.1, 0.15) is 43.4 Å². The molecule has 1 N–H and O–H groups in total. The van der Waals surface area contributed by atoms with Gasteiger partial charge in [-0.05, 0) is 31.0 Å². The average Bonchev–Trinajstić information content (AvgIpc) is 2.56. The van der Waals surface area contributed by atoms with E-state index in [1.165, 1.54) is 24.0 Å². The second-order valence-electron chi connectivity index (χ2n) is 6.03. The first-order chi connectivity index (χ1) is 10.7. The van der Waals surface area contributed by atoms with Crippen LogP contribution in [0.15, 0.2) is 12.1 Å². The number of piperazine rings is 1. The van der Waals surface area contributed by atoms with Gasteiger partial charge in [0.2, 0.25) is 0 Å².